The second-order valence-electron chi connectivity index (χ2n) is 10.6. The molecule has 0 radical (unpaired) electrons. The van der Waals surface area contributed by atoms with Crippen molar-refractivity contribution in [3.05, 3.63) is 64.3 Å². The summed E-state index contributed by atoms with van der Waals surface area (Å²) in [6, 6.07) is 13.4. The average molecular weight is 458 g/mol. The van der Waals surface area contributed by atoms with Gasteiger partial charge in [-0.15, -0.1) is 0 Å². The number of rotatable bonds is 3. The number of nitrogens with zero attached hydrogens (tertiary/aromatic N) is 2. The van der Waals surface area contributed by atoms with E-state index in [0.29, 0.717) is 6.04 Å². The number of H-pyrrole nitrogens is 1. The van der Waals surface area contributed by atoms with Crippen molar-refractivity contribution in [2.24, 2.45) is 0 Å². The normalized spacial score (nSPS) is 21.0. The van der Waals surface area contributed by atoms with E-state index in [4.69, 9.17) is 4.74 Å². The number of carbonyl (C=O) groups is 1. The van der Waals surface area contributed by atoms with Crippen molar-refractivity contribution in [2.75, 3.05) is 44.3 Å². The lowest BCUT2D eigenvalue weighted by Gasteiger charge is -2.42. The monoisotopic (exact) mass is 457 g/mol. The van der Waals surface area contributed by atoms with E-state index in [1.807, 2.05) is 12.1 Å². The van der Waals surface area contributed by atoms with Crippen LogP contribution in [0.2, 0.25) is 0 Å². The molecule has 2 saturated heterocycles. The molecule has 0 amide bonds. The van der Waals surface area contributed by atoms with Crippen LogP contribution in [0, 0.1) is 0 Å². The van der Waals surface area contributed by atoms with Crippen molar-refractivity contribution in [3.8, 4) is 0 Å². The molecular formula is C29H35N3O2. The Labute approximate surface area is 202 Å². The lowest BCUT2D eigenvalue weighted by molar-refractivity contribution is 0.0115. The first kappa shape index (κ1) is 21.9. The highest BCUT2D eigenvalue weighted by atomic mass is 16.5. The van der Waals surface area contributed by atoms with E-state index in [-0.39, 0.29) is 11.2 Å². The molecule has 178 valence electrons. The Bertz CT molecular complexity index is 1240. The maximum absolute atomic E-state index is 13.8. The standard InChI is InChI=1S/C29H35N3O2/c1-4-19-17-22-23(18-25(19)32-11-9-20(10-12-32)31-13-15-34-16-14-31)29(2,3)28-26(27(22)33)21-7-5-6-8-24(21)30-28/h5-8,17-18,20,30H,4,9-16H2,1-3H3. The van der Waals surface area contributed by atoms with Crippen molar-refractivity contribution in [2.45, 2.75) is 51.5 Å². The molecule has 6 rings (SSSR count). The van der Waals surface area contributed by atoms with Crippen molar-refractivity contribution in [1.29, 1.82) is 0 Å². The summed E-state index contributed by atoms with van der Waals surface area (Å²) >= 11 is 0. The predicted octanol–water partition coefficient (Wildman–Crippen LogP) is 4.90. The van der Waals surface area contributed by atoms with Crippen LogP contribution < -0.4 is 4.90 Å². The summed E-state index contributed by atoms with van der Waals surface area (Å²) < 4.78 is 5.55. The summed E-state index contributed by atoms with van der Waals surface area (Å²) in [7, 11) is 0. The van der Waals surface area contributed by atoms with Gasteiger partial charge in [0.05, 0.1) is 18.8 Å². The molecule has 2 fully saturated rings. The highest BCUT2D eigenvalue weighted by molar-refractivity contribution is 6.20. The van der Waals surface area contributed by atoms with E-state index in [1.54, 1.807) is 0 Å². The van der Waals surface area contributed by atoms with Gasteiger partial charge in [-0.05, 0) is 48.6 Å². The number of morpholine rings is 1. The molecule has 1 aliphatic carbocycles. The van der Waals surface area contributed by atoms with Gasteiger partial charge in [0.25, 0.3) is 0 Å². The molecule has 1 N–H and O–H groups in total. The topological polar surface area (TPSA) is 48.6 Å². The van der Waals surface area contributed by atoms with E-state index in [2.05, 4.69) is 59.8 Å². The number of hydrogen-bond acceptors (Lipinski definition) is 4. The summed E-state index contributed by atoms with van der Waals surface area (Å²) in [5, 5.41) is 1.04. The van der Waals surface area contributed by atoms with Gasteiger partial charge in [-0.25, -0.2) is 0 Å². The summed E-state index contributed by atoms with van der Waals surface area (Å²) in [5.74, 6) is 0.161. The van der Waals surface area contributed by atoms with Crippen LogP contribution >= 0.6 is 0 Å². The fourth-order valence-electron chi connectivity index (χ4n) is 6.45. The molecule has 0 saturated carbocycles. The van der Waals surface area contributed by atoms with Crippen LogP contribution in [0.15, 0.2) is 36.4 Å². The Kier molecular flexibility index (Phi) is 5.30. The van der Waals surface area contributed by atoms with E-state index in [9.17, 15) is 4.79 Å². The summed E-state index contributed by atoms with van der Waals surface area (Å²) in [6.45, 7) is 12.7. The molecule has 1 aromatic heterocycles. The Morgan fingerprint density at radius 2 is 1.79 bits per heavy atom. The fourth-order valence-corrected chi connectivity index (χ4v) is 6.45. The van der Waals surface area contributed by atoms with Crippen LogP contribution in [0.1, 0.15) is 66.4 Å². The van der Waals surface area contributed by atoms with Gasteiger partial charge in [0, 0.05) is 65.5 Å². The summed E-state index contributed by atoms with van der Waals surface area (Å²) in [4.78, 5) is 22.6. The molecule has 3 aliphatic rings. The molecule has 0 bridgehead atoms. The van der Waals surface area contributed by atoms with Gasteiger partial charge in [-0.3, -0.25) is 9.69 Å². The molecule has 0 unspecified atom stereocenters. The van der Waals surface area contributed by atoms with E-state index in [1.165, 1.54) is 24.1 Å². The maximum atomic E-state index is 13.8. The third-order valence-corrected chi connectivity index (χ3v) is 8.44. The highest BCUT2D eigenvalue weighted by Gasteiger charge is 2.40. The van der Waals surface area contributed by atoms with Crippen molar-refractivity contribution >= 4 is 22.4 Å². The number of hydrogen-bond donors (Lipinski definition) is 1. The van der Waals surface area contributed by atoms with Crippen LogP contribution in [0.4, 0.5) is 5.69 Å². The molecule has 5 heteroatoms. The van der Waals surface area contributed by atoms with Crippen molar-refractivity contribution < 1.29 is 9.53 Å². The van der Waals surface area contributed by atoms with E-state index < -0.39 is 0 Å². The average Bonchev–Trinajstić information content (AvgIpc) is 3.28. The number of aromatic nitrogens is 1. The number of aromatic amines is 1. The number of ether oxygens (including phenoxy) is 1. The molecule has 0 atom stereocenters. The highest BCUT2D eigenvalue weighted by Crippen LogP contribution is 2.45. The lowest BCUT2D eigenvalue weighted by Crippen LogP contribution is -2.49. The Hall–Kier alpha value is -2.63. The molecule has 34 heavy (non-hydrogen) atoms. The van der Waals surface area contributed by atoms with Gasteiger partial charge < -0.3 is 14.6 Å². The molecule has 3 aromatic rings. The van der Waals surface area contributed by atoms with E-state index in [0.717, 1.165) is 79.1 Å². The number of piperidine rings is 1. The zero-order chi connectivity index (χ0) is 23.4. The number of ketones is 1. The number of carbonyl (C=O) groups excluding carboxylic acids is 1. The molecular weight excluding hydrogens is 422 g/mol. The number of aryl methyl sites for hydroxylation is 1. The Morgan fingerprint density at radius 1 is 1.06 bits per heavy atom. The van der Waals surface area contributed by atoms with Gasteiger partial charge in [0.1, 0.15) is 0 Å². The molecule has 2 aliphatic heterocycles. The number of benzene rings is 2. The number of nitrogens with one attached hydrogen (secondary N) is 1. The van der Waals surface area contributed by atoms with Crippen LogP contribution in [-0.2, 0) is 16.6 Å². The zero-order valence-corrected chi connectivity index (χ0v) is 20.6. The Morgan fingerprint density at radius 3 is 2.53 bits per heavy atom. The summed E-state index contributed by atoms with van der Waals surface area (Å²) in [6.07, 6.45) is 3.31. The van der Waals surface area contributed by atoms with Crippen LogP contribution in [0.25, 0.3) is 10.9 Å². The first-order valence-corrected chi connectivity index (χ1v) is 12.9. The summed E-state index contributed by atoms with van der Waals surface area (Å²) in [5.41, 5.74) is 7.33. The molecule has 5 nitrogen and oxygen atoms in total. The Balaban J connectivity index is 1.36. The molecule has 3 heterocycles. The van der Waals surface area contributed by atoms with Crippen molar-refractivity contribution in [3.63, 3.8) is 0 Å². The molecule has 2 aromatic carbocycles. The van der Waals surface area contributed by atoms with Crippen molar-refractivity contribution in [1.82, 2.24) is 9.88 Å². The first-order chi connectivity index (χ1) is 16.5. The number of anilines is 1. The predicted molar refractivity (Wildman–Crippen MR) is 137 cm³/mol. The van der Waals surface area contributed by atoms with Gasteiger partial charge in [0.2, 0.25) is 0 Å². The minimum atomic E-state index is -0.259. The zero-order valence-electron chi connectivity index (χ0n) is 20.6. The maximum Gasteiger partial charge on any atom is 0.195 e. The fraction of sp³-hybridized carbons (Fsp3) is 0.483. The largest absolute Gasteiger partial charge is 0.379 e. The van der Waals surface area contributed by atoms with Crippen LogP contribution in [0.3, 0.4) is 0 Å². The SMILES string of the molecule is CCc1cc2c(cc1N1CCC(N3CCOCC3)CC1)C(C)(C)c1[nH]c3ccccc3c1C2=O. The van der Waals surface area contributed by atoms with Crippen LogP contribution in [-0.4, -0.2) is 61.1 Å². The quantitative estimate of drug-likeness (QED) is 0.608. The van der Waals surface area contributed by atoms with Gasteiger partial charge in [0.15, 0.2) is 5.78 Å². The lowest BCUT2D eigenvalue weighted by atomic mass is 9.70. The minimum Gasteiger partial charge on any atom is -0.379 e. The second-order valence-corrected chi connectivity index (χ2v) is 10.6. The van der Waals surface area contributed by atoms with Crippen LogP contribution in [0.5, 0.6) is 0 Å². The molecule has 0 spiro atoms. The minimum absolute atomic E-state index is 0.161. The third kappa shape index (κ3) is 3.32. The second kappa shape index (κ2) is 8.24. The number of fused-ring (bicyclic) bond motifs is 4. The first-order valence-electron chi connectivity index (χ1n) is 12.9. The smallest absolute Gasteiger partial charge is 0.195 e. The van der Waals surface area contributed by atoms with E-state index >= 15 is 0 Å². The van der Waals surface area contributed by atoms with Gasteiger partial charge >= 0.3 is 0 Å². The van der Waals surface area contributed by atoms with Gasteiger partial charge in [-0.1, -0.05) is 39.0 Å². The number of para-hydroxylation sites is 1. The van der Waals surface area contributed by atoms with Gasteiger partial charge in [-0.2, -0.15) is 0 Å². The third-order valence-electron chi connectivity index (χ3n) is 8.44.